The first-order valence-corrected chi connectivity index (χ1v) is 6.94. The van der Waals surface area contributed by atoms with E-state index in [4.69, 9.17) is 0 Å². The molecule has 1 aromatic heterocycles. The van der Waals surface area contributed by atoms with Crippen molar-refractivity contribution in [3.63, 3.8) is 0 Å². The van der Waals surface area contributed by atoms with Crippen LogP contribution >= 0.6 is 0 Å². The Kier molecular flexibility index (Phi) is 2.88. The van der Waals surface area contributed by atoms with E-state index >= 15 is 0 Å². The zero-order valence-electron chi connectivity index (χ0n) is 11.1. The minimum Gasteiger partial charge on any atom is -0.340 e. The number of nitrogens with zero attached hydrogens (tertiary/aromatic N) is 3. The summed E-state index contributed by atoms with van der Waals surface area (Å²) >= 11 is 0. The quantitative estimate of drug-likeness (QED) is 0.799. The maximum atomic E-state index is 12.5. The molecule has 0 N–H and O–H groups in total. The van der Waals surface area contributed by atoms with Crippen molar-refractivity contribution in [2.75, 3.05) is 7.05 Å². The molecule has 2 saturated carbocycles. The van der Waals surface area contributed by atoms with Crippen LogP contribution in [0.3, 0.4) is 0 Å². The van der Waals surface area contributed by atoms with Crippen LogP contribution in [-0.2, 0) is 4.79 Å². The minimum absolute atomic E-state index is 0.190. The van der Waals surface area contributed by atoms with Gasteiger partial charge in [0.25, 0.3) is 0 Å². The van der Waals surface area contributed by atoms with Crippen LogP contribution < -0.4 is 0 Å². The van der Waals surface area contributed by atoms with Crippen LogP contribution in [0.4, 0.5) is 0 Å². The summed E-state index contributed by atoms with van der Waals surface area (Å²) in [7, 11) is 1.98. The van der Waals surface area contributed by atoms with E-state index in [9.17, 15) is 4.79 Å². The van der Waals surface area contributed by atoms with E-state index in [0.29, 0.717) is 6.04 Å². The van der Waals surface area contributed by atoms with E-state index in [0.717, 1.165) is 11.8 Å². The lowest BCUT2D eigenvalue weighted by molar-refractivity contribution is -0.136. The number of rotatable bonds is 5. The predicted octanol–water partition coefficient (Wildman–Crippen LogP) is 2.09. The highest BCUT2D eigenvalue weighted by Gasteiger charge is 2.45. The van der Waals surface area contributed by atoms with Gasteiger partial charge in [-0.1, -0.05) is 0 Å². The van der Waals surface area contributed by atoms with Gasteiger partial charge in [0, 0.05) is 25.5 Å². The summed E-state index contributed by atoms with van der Waals surface area (Å²) in [5.74, 6) is 1.72. The van der Waals surface area contributed by atoms with Crippen LogP contribution in [0.5, 0.6) is 0 Å². The molecule has 1 aromatic rings. The molecule has 0 spiro atoms. The lowest BCUT2D eigenvalue weighted by atomic mass is 10.1. The van der Waals surface area contributed by atoms with E-state index in [2.05, 4.69) is 5.10 Å². The zero-order chi connectivity index (χ0) is 12.7. The fourth-order valence-corrected chi connectivity index (χ4v) is 2.96. The van der Waals surface area contributed by atoms with Gasteiger partial charge in [-0.05, 0) is 50.5 Å². The van der Waals surface area contributed by atoms with Crippen molar-refractivity contribution in [1.82, 2.24) is 14.7 Å². The second-order valence-corrected chi connectivity index (χ2v) is 5.78. The third-order valence-electron chi connectivity index (χ3n) is 4.28. The van der Waals surface area contributed by atoms with Gasteiger partial charge >= 0.3 is 0 Å². The molecule has 18 heavy (non-hydrogen) atoms. The Morgan fingerprint density at radius 2 is 1.94 bits per heavy atom. The molecule has 0 radical (unpaired) electrons. The summed E-state index contributed by atoms with van der Waals surface area (Å²) < 4.78 is 1.75. The zero-order valence-corrected chi connectivity index (χ0v) is 11.1. The summed E-state index contributed by atoms with van der Waals surface area (Å²) in [5.41, 5.74) is 0. The van der Waals surface area contributed by atoms with Gasteiger partial charge in [-0.2, -0.15) is 5.10 Å². The molecule has 4 nitrogen and oxygen atoms in total. The number of amides is 1. The van der Waals surface area contributed by atoms with E-state index in [1.165, 1.54) is 25.7 Å². The Labute approximate surface area is 108 Å². The second kappa shape index (κ2) is 4.41. The third kappa shape index (κ3) is 2.16. The summed E-state index contributed by atoms with van der Waals surface area (Å²) in [6.07, 6.45) is 8.79. The topological polar surface area (TPSA) is 38.1 Å². The molecule has 0 unspecified atom stereocenters. The van der Waals surface area contributed by atoms with E-state index in [1.54, 1.807) is 10.9 Å². The Bertz CT molecular complexity index is 408. The molecule has 1 heterocycles. The van der Waals surface area contributed by atoms with E-state index in [1.807, 2.05) is 31.1 Å². The van der Waals surface area contributed by atoms with Gasteiger partial charge in [0.05, 0.1) is 0 Å². The summed E-state index contributed by atoms with van der Waals surface area (Å²) in [5, 5.41) is 4.17. The molecule has 2 aliphatic rings. The van der Waals surface area contributed by atoms with Gasteiger partial charge in [-0.25, -0.2) is 0 Å². The highest BCUT2D eigenvalue weighted by atomic mass is 16.2. The molecule has 2 fully saturated rings. The fourth-order valence-electron chi connectivity index (χ4n) is 2.96. The monoisotopic (exact) mass is 247 g/mol. The molecule has 2 aliphatic carbocycles. The van der Waals surface area contributed by atoms with Gasteiger partial charge in [-0.15, -0.1) is 0 Å². The highest BCUT2D eigenvalue weighted by molar-refractivity contribution is 5.80. The number of hydrogen-bond donors (Lipinski definition) is 0. The van der Waals surface area contributed by atoms with Crippen molar-refractivity contribution in [3.05, 3.63) is 18.5 Å². The first kappa shape index (κ1) is 11.8. The molecule has 0 bridgehead atoms. The standard InChI is InChI=1S/C14H21N3O/c1-10(17-9-3-8-15-17)14(18)16(2)13(11-4-5-11)12-6-7-12/h3,8-13H,4-7H2,1-2H3/t10-/m0/s1. The SMILES string of the molecule is C[C@@H](C(=O)N(C)C(C1CC1)C1CC1)n1cccn1. The number of aromatic nitrogens is 2. The van der Waals surface area contributed by atoms with Crippen LogP contribution in [0.15, 0.2) is 18.5 Å². The first-order valence-electron chi connectivity index (χ1n) is 6.94. The smallest absolute Gasteiger partial charge is 0.247 e. The van der Waals surface area contributed by atoms with Crippen LogP contribution in [0.2, 0.25) is 0 Å². The van der Waals surface area contributed by atoms with Crippen molar-refractivity contribution >= 4 is 5.91 Å². The average Bonchev–Trinajstić information content (AvgIpc) is 3.30. The summed E-state index contributed by atoms with van der Waals surface area (Å²) in [6, 6.07) is 2.16. The molecule has 3 rings (SSSR count). The molecule has 4 heteroatoms. The van der Waals surface area contributed by atoms with Gasteiger partial charge < -0.3 is 4.90 Å². The second-order valence-electron chi connectivity index (χ2n) is 5.78. The number of carbonyl (C=O) groups excluding carboxylic acids is 1. The Hall–Kier alpha value is -1.32. The number of hydrogen-bond acceptors (Lipinski definition) is 2. The van der Waals surface area contributed by atoms with Gasteiger partial charge in [0.15, 0.2) is 0 Å². The molecular weight excluding hydrogens is 226 g/mol. The average molecular weight is 247 g/mol. The van der Waals surface area contributed by atoms with Crippen molar-refractivity contribution in [3.8, 4) is 0 Å². The Morgan fingerprint density at radius 1 is 1.33 bits per heavy atom. The molecular formula is C14H21N3O. The van der Waals surface area contributed by atoms with Crippen molar-refractivity contribution in [1.29, 1.82) is 0 Å². The number of likely N-dealkylation sites (N-methyl/N-ethyl adjacent to an activating group) is 1. The van der Waals surface area contributed by atoms with Crippen molar-refractivity contribution in [2.45, 2.75) is 44.7 Å². The molecule has 1 amide bonds. The first-order chi connectivity index (χ1) is 8.68. The lowest BCUT2D eigenvalue weighted by Gasteiger charge is -2.30. The largest absolute Gasteiger partial charge is 0.340 e. The van der Waals surface area contributed by atoms with Gasteiger partial charge in [-0.3, -0.25) is 9.48 Å². The van der Waals surface area contributed by atoms with Crippen LogP contribution in [0.1, 0.15) is 38.6 Å². The molecule has 98 valence electrons. The molecule has 0 aromatic carbocycles. The summed E-state index contributed by atoms with van der Waals surface area (Å²) in [6.45, 7) is 1.93. The Morgan fingerprint density at radius 3 is 2.39 bits per heavy atom. The van der Waals surface area contributed by atoms with Crippen LogP contribution in [0, 0.1) is 11.8 Å². The molecule has 0 aliphatic heterocycles. The minimum atomic E-state index is -0.190. The maximum absolute atomic E-state index is 12.5. The van der Waals surface area contributed by atoms with E-state index < -0.39 is 0 Å². The molecule has 0 saturated heterocycles. The van der Waals surface area contributed by atoms with Gasteiger partial charge in [0.2, 0.25) is 5.91 Å². The van der Waals surface area contributed by atoms with Crippen molar-refractivity contribution < 1.29 is 4.79 Å². The normalized spacial score (nSPS) is 21.1. The fraction of sp³-hybridized carbons (Fsp3) is 0.714. The Balaban J connectivity index is 1.70. The van der Waals surface area contributed by atoms with Crippen LogP contribution in [-0.4, -0.2) is 33.7 Å². The lowest BCUT2D eigenvalue weighted by Crippen LogP contribution is -2.43. The van der Waals surface area contributed by atoms with Crippen molar-refractivity contribution in [2.24, 2.45) is 11.8 Å². The van der Waals surface area contributed by atoms with E-state index in [-0.39, 0.29) is 11.9 Å². The van der Waals surface area contributed by atoms with Gasteiger partial charge in [0.1, 0.15) is 6.04 Å². The molecule has 1 atom stereocenters. The number of carbonyl (C=O) groups is 1. The highest BCUT2D eigenvalue weighted by Crippen LogP contribution is 2.47. The summed E-state index contributed by atoms with van der Waals surface area (Å²) in [4.78, 5) is 14.5. The third-order valence-corrected chi connectivity index (χ3v) is 4.28. The maximum Gasteiger partial charge on any atom is 0.247 e. The van der Waals surface area contributed by atoms with Crippen LogP contribution in [0.25, 0.3) is 0 Å². The predicted molar refractivity (Wildman–Crippen MR) is 68.9 cm³/mol.